The fourth-order valence-corrected chi connectivity index (χ4v) is 2.56. The van der Waals surface area contributed by atoms with Gasteiger partial charge in [-0.25, -0.2) is 0 Å². The SMILES string of the molecule is CCCc1ccc(O)c(N=Cc2cc(Br)cc([N+](=O)[O-])c2O)c1. The van der Waals surface area contributed by atoms with Crippen molar-refractivity contribution in [2.24, 2.45) is 4.99 Å². The number of aliphatic imine (C=N–C) groups is 1. The summed E-state index contributed by atoms with van der Waals surface area (Å²) in [5.41, 5.74) is 1.15. The van der Waals surface area contributed by atoms with Crippen LogP contribution in [0.4, 0.5) is 11.4 Å². The average Bonchev–Trinajstić information content (AvgIpc) is 2.50. The van der Waals surface area contributed by atoms with E-state index in [1.807, 2.05) is 6.07 Å². The van der Waals surface area contributed by atoms with E-state index in [4.69, 9.17) is 0 Å². The third-order valence-electron chi connectivity index (χ3n) is 3.20. The Morgan fingerprint density at radius 3 is 2.70 bits per heavy atom. The van der Waals surface area contributed by atoms with Gasteiger partial charge in [-0.05, 0) is 30.2 Å². The lowest BCUT2D eigenvalue weighted by molar-refractivity contribution is -0.385. The van der Waals surface area contributed by atoms with E-state index in [1.54, 1.807) is 12.1 Å². The Morgan fingerprint density at radius 2 is 2.04 bits per heavy atom. The predicted molar refractivity (Wildman–Crippen MR) is 91.8 cm³/mol. The van der Waals surface area contributed by atoms with Crippen LogP contribution < -0.4 is 0 Å². The molecule has 23 heavy (non-hydrogen) atoms. The first kappa shape index (κ1) is 17.0. The number of nitro benzene ring substituents is 1. The van der Waals surface area contributed by atoms with Crippen LogP contribution in [0.25, 0.3) is 0 Å². The zero-order chi connectivity index (χ0) is 17.0. The van der Waals surface area contributed by atoms with Crippen molar-refractivity contribution < 1.29 is 15.1 Å². The first-order valence-corrected chi connectivity index (χ1v) is 7.74. The quantitative estimate of drug-likeness (QED) is 0.455. The monoisotopic (exact) mass is 378 g/mol. The maximum atomic E-state index is 10.9. The Morgan fingerprint density at radius 1 is 1.30 bits per heavy atom. The highest BCUT2D eigenvalue weighted by molar-refractivity contribution is 9.10. The molecule has 0 saturated carbocycles. The van der Waals surface area contributed by atoms with Gasteiger partial charge in [-0.2, -0.15) is 0 Å². The smallest absolute Gasteiger partial charge is 0.312 e. The van der Waals surface area contributed by atoms with Gasteiger partial charge < -0.3 is 10.2 Å². The summed E-state index contributed by atoms with van der Waals surface area (Å²) in [5, 5.41) is 30.7. The van der Waals surface area contributed by atoms with Crippen LogP contribution in [0.5, 0.6) is 11.5 Å². The summed E-state index contributed by atoms with van der Waals surface area (Å²) < 4.78 is 0.451. The maximum absolute atomic E-state index is 10.9. The third-order valence-corrected chi connectivity index (χ3v) is 3.66. The summed E-state index contributed by atoms with van der Waals surface area (Å²) in [6, 6.07) is 7.85. The number of aryl methyl sites for hydroxylation is 1. The molecule has 0 aromatic heterocycles. The van der Waals surface area contributed by atoms with E-state index in [1.165, 1.54) is 18.3 Å². The van der Waals surface area contributed by atoms with E-state index >= 15 is 0 Å². The summed E-state index contributed by atoms with van der Waals surface area (Å²) in [4.78, 5) is 14.4. The Balaban J connectivity index is 2.41. The second-order valence-corrected chi connectivity index (χ2v) is 5.87. The first-order chi connectivity index (χ1) is 10.9. The zero-order valence-electron chi connectivity index (χ0n) is 12.4. The molecule has 120 valence electrons. The van der Waals surface area contributed by atoms with E-state index in [2.05, 4.69) is 27.8 Å². The Hall–Kier alpha value is -2.41. The molecule has 0 spiro atoms. The molecule has 0 aliphatic carbocycles. The zero-order valence-corrected chi connectivity index (χ0v) is 13.9. The molecule has 2 aromatic carbocycles. The molecule has 0 amide bonds. The number of nitro groups is 1. The van der Waals surface area contributed by atoms with Gasteiger partial charge in [0.2, 0.25) is 5.75 Å². The van der Waals surface area contributed by atoms with Gasteiger partial charge in [0.1, 0.15) is 11.4 Å². The van der Waals surface area contributed by atoms with Gasteiger partial charge in [0, 0.05) is 22.3 Å². The molecule has 0 aliphatic rings. The molecule has 0 saturated heterocycles. The Kier molecular flexibility index (Phi) is 5.33. The van der Waals surface area contributed by atoms with Gasteiger partial charge in [0.05, 0.1) is 4.92 Å². The van der Waals surface area contributed by atoms with E-state index in [-0.39, 0.29) is 11.3 Å². The van der Waals surface area contributed by atoms with Crippen LogP contribution in [0.3, 0.4) is 0 Å². The molecule has 0 fully saturated rings. The fourth-order valence-electron chi connectivity index (χ4n) is 2.10. The van der Waals surface area contributed by atoms with E-state index in [0.29, 0.717) is 10.2 Å². The molecular formula is C16H15BrN2O4. The Bertz CT molecular complexity index is 775. The molecule has 0 bridgehead atoms. The molecule has 2 N–H and O–H groups in total. The van der Waals surface area contributed by atoms with Crippen molar-refractivity contribution in [1.29, 1.82) is 0 Å². The Labute approximate surface area is 141 Å². The fraction of sp³-hybridized carbons (Fsp3) is 0.188. The topological polar surface area (TPSA) is 96.0 Å². The second-order valence-electron chi connectivity index (χ2n) is 4.95. The van der Waals surface area contributed by atoms with Gasteiger partial charge in [0.25, 0.3) is 0 Å². The van der Waals surface area contributed by atoms with Gasteiger partial charge >= 0.3 is 5.69 Å². The standard InChI is InChI=1S/C16H15BrN2O4/c1-2-3-10-4-5-15(20)13(6-10)18-9-11-7-12(17)8-14(16(11)21)19(22)23/h4-9,20-21H,2-3H2,1H3. The molecule has 0 unspecified atom stereocenters. The predicted octanol–water partition coefficient (Wildman–Crippen LogP) is 4.47. The number of nitrogens with zero attached hydrogens (tertiary/aromatic N) is 2. The number of phenolic OH excluding ortho intramolecular Hbond substituents is 2. The molecular weight excluding hydrogens is 364 g/mol. The summed E-state index contributed by atoms with van der Waals surface area (Å²) in [5.74, 6) is -0.462. The van der Waals surface area contributed by atoms with Crippen molar-refractivity contribution in [3.63, 3.8) is 0 Å². The molecule has 7 heteroatoms. The average molecular weight is 379 g/mol. The summed E-state index contributed by atoms with van der Waals surface area (Å²) in [6.07, 6.45) is 3.11. The van der Waals surface area contributed by atoms with Crippen molar-refractivity contribution in [3.8, 4) is 11.5 Å². The van der Waals surface area contributed by atoms with Crippen LogP contribution in [0, 0.1) is 10.1 Å². The van der Waals surface area contributed by atoms with Crippen molar-refractivity contribution in [1.82, 2.24) is 0 Å². The number of halogens is 1. The molecule has 0 atom stereocenters. The highest BCUT2D eigenvalue weighted by Gasteiger charge is 2.17. The highest BCUT2D eigenvalue weighted by Crippen LogP contribution is 2.33. The van der Waals surface area contributed by atoms with Gasteiger partial charge in [0.15, 0.2) is 0 Å². The number of hydrogen-bond acceptors (Lipinski definition) is 5. The molecule has 6 nitrogen and oxygen atoms in total. The van der Waals surface area contributed by atoms with Crippen LogP contribution in [0.15, 0.2) is 39.8 Å². The van der Waals surface area contributed by atoms with Crippen LogP contribution in [0.2, 0.25) is 0 Å². The third kappa shape index (κ3) is 4.07. The van der Waals surface area contributed by atoms with Crippen LogP contribution in [0.1, 0.15) is 24.5 Å². The van der Waals surface area contributed by atoms with Gasteiger partial charge in [-0.15, -0.1) is 0 Å². The summed E-state index contributed by atoms with van der Waals surface area (Å²) in [7, 11) is 0. The van der Waals surface area contributed by atoms with Crippen LogP contribution in [-0.2, 0) is 6.42 Å². The van der Waals surface area contributed by atoms with Crippen molar-refractivity contribution in [3.05, 3.63) is 56.0 Å². The molecule has 2 aromatic rings. The molecule has 0 heterocycles. The first-order valence-electron chi connectivity index (χ1n) is 6.95. The number of phenols is 2. The van der Waals surface area contributed by atoms with Crippen LogP contribution >= 0.6 is 15.9 Å². The summed E-state index contributed by atoms with van der Waals surface area (Å²) in [6.45, 7) is 2.05. The number of rotatable bonds is 5. The molecule has 0 aliphatic heterocycles. The van der Waals surface area contributed by atoms with Crippen molar-refractivity contribution >= 4 is 33.5 Å². The minimum absolute atomic E-state index is 0.00471. The minimum atomic E-state index is -0.670. The highest BCUT2D eigenvalue weighted by atomic mass is 79.9. The minimum Gasteiger partial charge on any atom is -0.506 e. The lowest BCUT2D eigenvalue weighted by Crippen LogP contribution is -1.92. The van der Waals surface area contributed by atoms with E-state index in [9.17, 15) is 20.3 Å². The van der Waals surface area contributed by atoms with E-state index in [0.717, 1.165) is 18.4 Å². The number of aromatic hydroxyl groups is 2. The van der Waals surface area contributed by atoms with E-state index < -0.39 is 16.4 Å². The van der Waals surface area contributed by atoms with Crippen molar-refractivity contribution in [2.75, 3.05) is 0 Å². The van der Waals surface area contributed by atoms with Crippen molar-refractivity contribution in [2.45, 2.75) is 19.8 Å². The summed E-state index contributed by atoms with van der Waals surface area (Å²) >= 11 is 3.16. The lowest BCUT2D eigenvalue weighted by atomic mass is 10.1. The number of benzene rings is 2. The van der Waals surface area contributed by atoms with Gasteiger partial charge in [-0.1, -0.05) is 35.3 Å². The van der Waals surface area contributed by atoms with Gasteiger partial charge in [-0.3, -0.25) is 15.1 Å². The van der Waals surface area contributed by atoms with Crippen LogP contribution in [-0.4, -0.2) is 21.4 Å². The number of hydrogen-bond donors (Lipinski definition) is 2. The largest absolute Gasteiger partial charge is 0.506 e. The molecule has 0 radical (unpaired) electrons. The normalized spacial score (nSPS) is 11.0. The molecule has 2 rings (SSSR count). The second kappa shape index (κ2) is 7.23. The lowest BCUT2D eigenvalue weighted by Gasteiger charge is -2.04. The maximum Gasteiger partial charge on any atom is 0.312 e.